The number of hydrogen-bond acceptors (Lipinski definition) is 2. The molecule has 0 saturated heterocycles. The van der Waals surface area contributed by atoms with Gasteiger partial charge in [0.15, 0.2) is 0 Å². The fourth-order valence-corrected chi connectivity index (χ4v) is 2.52. The number of carboxylic acid groups (broad SMARTS) is 1. The number of carboxylic acids is 1. The zero-order valence-corrected chi connectivity index (χ0v) is 14.9. The van der Waals surface area contributed by atoms with E-state index in [2.05, 4.69) is 19.1 Å². The molecule has 132 valence electrons. The van der Waals surface area contributed by atoms with Crippen molar-refractivity contribution in [3.8, 4) is 0 Å². The van der Waals surface area contributed by atoms with E-state index in [-0.39, 0.29) is 6.42 Å². The lowest BCUT2D eigenvalue weighted by Gasteiger charge is -1.99. The van der Waals surface area contributed by atoms with Gasteiger partial charge >= 0.3 is 5.97 Å². The van der Waals surface area contributed by atoms with Gasteiger partial charge < -0.3 is 5.11 Å². The Bertz CT molecular complexity index is 369. The highest BCUT2D eigenvalue weighted by atomic mass is 16.4. The third kappa shape index (κ3) is 15.3. The molecule has 3 heteroatoms. The third-order valence-corrected chi connectivity index (χ3v) is 3.91. The molecule has 0 spiro atoms. The molecule has 1 N–H and O–H groups in total. The smallest absolute Gasteiger partial charge is 0.303 e. The van der Waals surface area contributed by atoms with Crippen molar-refractivity contribution in [3.05, 3.63) is 24.3 Å². The van der Waals surface area contributed by atoms with Crippen LogP contribution in [0.25, 0.3) is 0 Å². The van der Waals surface area contributed by atoms with Crippen molar-refractivity contribution in [2.24, 2.45) is 5.92 Å². The van der Waals surface area contributed by atoms with E-state index in [1.165, 1.54) is 32.1 Å². The number of aliphatic carboxylic acids is 1. The van der Waals surface area contributed by atoms with E-state index in [0.29, 0.717) is 11.7 Å². The zero-order valence-electron chi connectivity index (χ0n) is 14.9. The number of ketones is 1. The molecule has 0 radical (unpaired) electrons. The summed E-state index contributed by atoms with van der Waals surface area (Å²) in [6.07, 6.45) is 19.6. The summed E-state index contributed by atoms with van der Waals surface area (Å²) >= 11 is 0. The Labute approximate surface area is 141 Å². The van der Waals surface area contributed by atoms with E-state index in [4.69, 9.17) is 5.11 Å². The quantitative estimate of drug-likeness (QED) is 0.414. The molecule has 3 nitrogen and oxygen atoms in total. The van der Waals surface area contributed by atoms with Gasteiger partial charge in [-0.2, -0.15) is 0 Å². The third-order valence-electron chi connectivity index (χ3n) is 3.91. The van der Waals surface area contributed by atoms with Crippen LogP contribution in [-0.2, 0) is 9.59 Å². The van der Waals surface area contributed by atoms with E-state index >= 15 is 0 Å². The first-order valence-corrected chi connectivity index (χ1v) is 9.11. The number of Topliss-reactive ketones (excluding diaryl/α,β-unsaturated/α-hetero) is 1. The summed E-state index contributed by atoms with van der Waals surface area (Å²) in [5.74, 6) is 0.304. The van der Waals surface area contributed by atoms with Crippen molar-refractivity contribution in [1.82, 2.24) is 0 Å². The molecular formula is C20H34O3. The largest absolute Gasteiger partial charge is 0.481 e. The second-order valence-electron chi connectivity index (χ2n) is 6.17. The van der Waals surface area contributed by atoms with Crippen LogP contribution in [0.3, 0.4) is 0 Å². The molecule has 0 aromatic rings. The number of rotatable bonds is 10. The summed E-state index contributed by atoms with van der Waals surface area (Å²) < 4.78 is 0. The summed E-state index contributed by atoms with van der Waals surface area (Å²) in [6.45, 7) is 4.17. The first-order valence-electron chi connectivity index (χ1n) is 9.11. The highest BCUT2D eigenvalue weighted by Gasteiger charge is 2.18. The fraction of sp³-hybridized carbons (Fsp3) is 0.700. The van der Waals surface area contributed by atoms with E-state index in [9.17, 15) is 9.59 Å². The molecule has 1 aliphatic rings. The van der Waals surface area contributed by atoms with Gasteiger partial charge in [0, 0.05) is 19.3 Å². The van der Waals surface area contributed by atoms with Crippen LogP contribution in [0.5, 0.6) is 0 Å². The van der Waals surface area contributed by atoms with Gasteiger partial charge in [0.25, 0.3) is 0 Å². The van der Waals surface area contributed by atoms with Crippen LogP contribution in [0.15, 0.2) is 24.3 Å². The van der Waals surface area contributed by atoms with Gasteiger partial charge in [-0.1, -0.05) is 50.5 Å². The lowest BCUT2D eigenvalue weighted by atomic mass is 10.1. The second kappa shape index (κ2) is 15.5. The molecule has 1 rings (SSSR count). The topological polar surface area (TPSA) is 54.4 Å². The van der Waals surface area contributed by atoms with Crippen molar-refractivity contribution < 1.29 is 14.7 Å². The summed E-state index contributed by atoms with van der Waals surface area (Å²) in [4.78, 5) is 20.9. The molecule has 1 fully saturated rings. The molecule has 1 atom stereocenters. The monoisotopic (exact) mass is 322 g/mol. The second-order valence-corrected chi connectivity index (χ2v) is 6.17. The van der Waals surface area contributed by atoms with Gasteiger partial charge in [0.05, 0.1) is 0 Å². The van der Waals surface area contributed by atoms with E-state index in [1.54, 1.807) is 0 Å². The molecule has 0 aromatic carbocycles. The first-order chi connectivity index (χ1) is 11.1. The molecule has 23 heavy (non-hydrogen) atoms. The fourth-order valence-electron chi connectivity index (χ4n) is 2.52. The SMILES string of the molecule is C/C=C\CCCC(=O)O.CCCCCC/C=C/[C@H]1CCC(=O)C1. The van der Waals surface area contributed by atoms with Crippen molar-refractivity contribution in [2.75, 3.05) is 0 Å². The van der Waals surface area contributed by atoms with Gasteiger partial charge in [0.2, 0.25) is 0 Å². The predicted molar refractivity (Wildman–Crippen MR) is 96.5 cm³/mol. The molecular weight excluding hydrogens is 288 g/mol. The Morgan fingerprint density at radius 3 is 2.48 bits per heavy atom. The van der Waals surface area contributed by atoms with Gasteiger partial charge in [-0.25, -0.2) is 0 Å². The van der Waals surface area contributed by atoms with E-state index < -0.39 is 5.97 Å². The van der Waals surface area contributed by atoms with E-state index in [1.807, 2.05) is 19.1 Å². The van der Waals surface area contributed by atoms with E-state index in [0.717, 1.165) is 32.1 Å². The van der Waals surface area contributed by atoms with Crippen LogP contribution in [-0.4, -0.2) is 16.9 Å². The van der Waals surface area contributed by atoms with Crippen LogP contribution >= 0.6 is 0 Å². The Morgan fingerprint density at radius 1 is 1.17 bits per heavy atom. The van der Waals surface area contributed by atoms with Crippen LogP contribution in [0, 0.1) is 5.92 Å². The summed E-state index contributed by atoms with van der Waals surface area (Å²) in [5.41, 5.74) is 0. The molecule has 1 saturated carbocycles. The Hall–Kier alpha value is -1.38. The number of carbonyl (C=O) groups is 2. The van der Waals surface area contributed by atoms with Gasteiger partial charge in [-0.05, 0) is 44.9 Å². The molecule has 1 aliphatic carbocycles. The standard InChI is InChI=1S/C13H22O.C7H12O2/c1-2-3-4-5-6-7-8-12-9-10-13(14)11-12;1-2-3-4-5-6-7(8)9/h7-8,12H,2-6,9-11H2,1H3;2-3H,4-6H2,1H3,(H,8,9)/b8-7+;3-2-/t12-;/m0./s1. The normalized spacial score (nSPS) is 17.7. The highest BCUT2D eigenvalue weighted by Crippen LogP contribution is 2.23. The van der Waals surface area contributed by atoms with Crippen molar-refractivity contribution in [2.45, 2.75) is 84.5 Å². The maximum Gasteiger partial charge on any atom is 0.303 e. The summed E-state index contributed by atoms with van der Waals surface area (Å²) in [7, 11) is 0. The minimum Gasteiger partial charge on any atom is -0.481 e. The summed E-state index contributed by atoms with van der Waals surface area (Å²) in [6, 6.07) is 0. The number of carbonyl (C=O) groups excluding carboxylic acids is 1. The van der Waals surface area contributed by atoms with Gasteiger partial charge in [0.1, 0.15) is 5.78 Å². The number of hydrogen-bond donors (Lipinski definition) is 1. The average Bonchev–Trinajstić information content (AvgIpc) is 2.93. The average molecular weight is 322 g/mol. The molecule has 0 aliphatic heterocycles. The number of allylic oxidation sites excluding steroid dienone is 4. The lowest BCUT2D eigenvalue weighted by Crippen LogP contribution is -1.92. The maximum atomic E-state index is 11.0. The Morgan fingerprint density at radius 2 is 1.91 bits per heavy atom. The minimum absolute atomic E-state index is 0.282. The molecule has 0 bridgehead atoms. The minimum atomic E-state index is -0.709. The van der Waals surface area contributed by atoms with Crippen molar-refractivity contribution in [3.63, 3.8) is 0 Å². The summed E-state index contributed by atoms with van der Waals surface area (Å²) in [5, 5.41) is 8.19. The maximum absolute atomic E-state index is 11.0. The van der Waals surface area contributed by atoms with Gasteiger partial charge in [-0.3, -0.25) is 9.59 Å². The van der Waals surface area contributed by atoms with Crippen LogP contribution < -0.4 is 0 Å². The molecule has 0 aromatic heterocycles. The first kappa shape index (κ1) is 21.6. The lowest BCUT2D eigenvalue weighted by molar-refractivity contribution is -0.137. The van der Waals surface area contributed by atoms with Crippen LogP contribution in [0.1, 0.15) is 84.5 Å². The van der Waals surface area contributed by atoms with Crippen LogP contribution in [0.2, 0.25) is 0 Å². The Kier molecular flexibility index (Phi) is 14.6. The van der Waals surface area contributed by atoms with Crippen molar-refractivity contribution >= 4 is 11.8 Å². The van der Waals surface area contributed by atoms with Gasteiger partial charge in [-0.15, -0.1) is 0 Å². The zero-order chi connectivity index (χ0) is 17.3. The van der Waals surface area contributed by atoms with Crippen molar-refractivity contribution in [1.29, 1.82) is 0 Å². The Balaban J connectivity index is 0.000000468. The predicted octanol–water partition coefficient (Wildman–Crippen LogP) is 5.70. The highest BCUT2D eigenvalue weighted by molar-refractivity contribution is 5.80. The molecule has 0 unspecified atom stereocenters. The molecule has 0 heterocycles. The van der Waals surface area contributed by atoms with Crippen LogP contribution in [0.4, 0.5) is 0 Å². The molecule has 0 amide bonds. The number of unbranched alkanes of at least 4 members (excludes halogenated alkanes) is 5.